The number of carbonyl (C=O) groups excluding carboxylic acids is 2. The molecule has 2 heterocycles. The third kappa shape index (κ3) is 5.54. The number of nitrogens with zero attached hydrogens (tertiary/aromatic N) is 3. The molecule has 1 amide bonds. The van der Waals surface area contributed by atoms with Gasteiger partial charge < -0.3 is 4.90 Å². The Morgan fingerprint density at radius 1 is 1.09 bits per heavy atom. The number of para-hydroxylation sites is 1. The van der Waals surface area contributed by atoms with Crippen LogP contribution in [0.2, 0.25) is 0 Å². The molecule has 1 fully saturated rings. The maximum absolute atomic E-state index is 13.5. The number of hydrogen-bond acceptors (Lipinski definition) is 6. The Morgan fingerprint density at radius 2 is 1.71 bits per heavy atom. The van der Waals surface area contributed by atoms with Gasteiger partial charge in [-0.3, -0.25) is 9.59 Å². The van der Waals surface area contributed by atoms with E-state index in [1.807, 2.05) is 30.3 Å². The third-order valence-corrected chi connectivity index (χ3v) is 7.26. The molecule has 1 saturated heterocycles. The summed E-state index contributed by atoms with van der Waals surface area (Å²) in [5.74, 6) is 2.86. The van der Waals surface area contributed by atoms with E-state index in [-0.39, 0.29) is 10.8 Å². The molecule has 10 heteroatoms. The van der Waals surface area contributed by atoms with Crippen LogP contribution in [0.5, 0.6) is 0 Å². The van der Waals surface area contributed by atoms with Gasteiger partial charge in [-0.05, 0) is 49.8 Å². The van der Waals surface area contributed by atoms with Gasteiger partial charge in [0.05, 0.1) is 10.2 Å². The minimum atomic E-state index is -5.22. The summed E-state index contributed by atoms with van der Waals surface area (Å²) in [6, 6.07) is 17.0. The zero-order valence-electron chi connectivity index (χ0n) is 19.1. The second-order valence-electron chi connectivity index (χ2n) is 8.55. The van der Waals surface area contributed by atoms with Crippen molar-refractivity contribution in [2.75, 3.05) is 18.1 Å². The van der Waals surface area contributed by atoms with Gasteiger partial charge in [0.25, 0.3) is 11.7 Å². The molecule has 184 valence electrons. The first-order valence-corrected chi connectivity index (χ1v) is 12.0. The second kappa shape index (κ2) is 10.2. The summed E-state index contributed by atoms with van der Waals surface area (Å²) in [5.41, 5.74) is 0.768. The molecule has 4 rings (SSSR count). The molecule has 2 aromatic carbocycles. The number of fused-ring (bicyclic) bond motifs is 1. The van der Waals surface area contributed by atoms with Crippen molar-refractivity contribution in [1.29, 1.82) is 0 Å². The molecule has 2 N–H and O–H groups in total. The van der Waals surface area contributed by atoms with E-state index in [0.717, 1.165) is 35.3 Å². The number of nitrogens with two attached hydrogens (primary N) is 1. The van der Waals surface area contributed by atoms with E-state index in [0.29, 0.717) is 29.5 Å². The highest BCUT2D eigenvalue weighted by molar-refractivity contribution is 7.22. The Morgan fingerprint density at radius 3 is 2.34 bits per heavy atom. The van der Waals surface area contributed by atoms with Crippen molar-refractivity contribution < 1.29 is 22.8 Å². The number of allylic oxidation sites excluding steroid dienone is 1. The SMILES string of the molecule is C/C(=C(/C(=O)N(N)c1nc2ccccc2s1)C(=O)C(F)(F)F)N1CCC(Cc2ccccc2)CC1. The number of carbonyl (C=O) groups is 2. The second-order valence-corrected chi connectivity index (χ2v) is 9.56. The van der Waals surface area contributed by atoms with E-state index in [2.05, 4.69) is 4.98 Å². The van der Waals surface area contributed by atoms with Gasteiger partial charge in [0.15, 0.2) is 0 Å². The van der Waals surface area contributed by atoms with E-state index in [4.69, 9.17) is 5.84 Å². The molecule has 6 nitrogen and oxygen atoms in total. The van der Waals surface area contributed by atoms with Crippen LogP contribution >= 0.6 is 11.3 Å². The average Bonchev–Trinajstić information content (AvgIpc) is 3.28. The predicted molar refractivity (Wildman–Crippen MR) is 129 cm³/mol. The number of aromatic nitrogens is 1. The standard InChI is InChI=1S/C25H25F3N4O2S/c1-16(31-13-11-18(12-14-31)15-17-7-3-2-4-8-17)21(22(33)25(26,27)28)23(34)32(29)24-30-19-9-5-6-10-20(19)35-24/h2-10,18H,11-15,29H2,1H3/b21-16-. The largest absolute Gasteiger partial charge is 0.455 e. The Balaban J connectivity index is 1.57. The summed E-state index contributed by atoms with van der Waals surface area (Å²) < 4.78 is 41.2. The van der Waals surface area contributed by atoms with Gasteiger partial charge in [0, 0.05) is 18.8 Å². The Bertz CT molecular complexity index is 1220. The molecule has 0 unspecified atom stereocenters. The van der Waals surface area contributed by atoms with Crippen LogP contribution < -0.4 is 10.9 Å². The number of likely N-dealkylation sites (tertiary alicyclic amines) is 1. The molecule has 0 aliphatic carbocycles. The first-order valence-electron chi connectivity index (χ1n) is 11.2. The fraction of sp³-hybridized carbons (Fsp3) is 0.320. The summed E-state index contributed by atoms with van der Waals surface area (Å²) in [5, 5.41) is 0.549. The number of ketones is 1. The zero-order chi connectivity index (χ0) is 25.2. The van der Waals surface area contributed by atoms with Crippen LogP contribution in [0.15, 0.2) is 65.9 Å². The lowest BCUT2D eigenvalue weighted by Crippen LogP contribution is -2.45. The van der Waals surface area contributed by atoms with Gasteiger partial charge in [0.2, 0.25) is 5.13 Å². The monoisotopic (exact) mass is 502 g/mol. The summed E-state index contributed by atoms with van der Waals surface area (Å²) >= 11 is 1.06. The number of hydrogen-bond donors (Lipinski definition) is 1. The molecular formula is C25H25F3N4O2S. The first-order chi connectivity index (χ1) is 16.6. The van der Waals surface area contributed by atoms with Crippen LogP contribution in [0, 0.1) is 5.92 Å². The number of piperidine rings is 1. The molecule has 0 bridgehead atoms. The Hall–Kier alpha value is -3.24. The fourth-order valence-electron chi connectivity index (χ4n) is 4.31. The number of alkyl halides is 3. The molecular weight excluding hydrogens is 477 g/mol. The lowest BCUT2D eigenvalue weighted by Gasteiger charge is -2.35. The number of halogens is 3. The maximum Gasteiger partial charge on any atom is 0.455 e. The van der Waals surface area contributed by atoms with Crippen LogP contribution in [0.25, 0.3) is 10.2 Å². The fourth-order valence-corrected chi connectivity index (χ4v) is 5.19. The molecule has 0 radical (unpaired) electrons. The Kier molecular flexibility index (Phi) is 7.23. The van der Waals surface area contributed by atoms with Crippen molar-refractivity contribution in [3.05, 3.63) is 71.4 Å². The van der Waals surface area contributed by atoms with Crippen LogP contribution in [0.3, 0.4) is 0 Å². The van der Waals surface area contributed by atoms with Gasteiger partial charge in [-0.25, -0.2) is 15.8 Å². The van der Waals surface area contributed by atoms with Crippen LogP contribution in [-0.2, 0) is 16.0 Å². The van der Waals surface area contributed by atoms with Crippen molar-refractivity contribution in [3.8, 4) is 0 Å². The third-order valence-electron chi connectivity index (χ3n) is 6.22. The number of benzene rings is 2. The van der Waals surface area contributed by atoms with Crippen LogP contribution in [0.4, 0.5) is 18.3 Å². The van der Waals surface area contributed by atoms with Gasteiger partial charge in [-0.15, -0.1) is 0 Å². The van der Waals surface area contributed by atoms with Gasteiger partial charge in [-0.1, -0.05) is 53.8 Å². The summed E-state index contributed by atoms with van der Waals surface area (Å²) in [6.07, 6.45) is -2.87. The quantitative estimate of drug-likeness (QED) is 0.130. The van der Waals surface area contributed by atoms with E-state index in [1.54, 1.807) is 29.2 Å². The summed E-state index contributed by atoms with van der Waals surface area (Å²) in [7, 11) is 0. The molecule has 0 atom stereocenters. The number of anilines is 1. The van der Waals surface area contributed by atoms with Gasteiger partial charge in [0.1, 0.15) is 5.57 Å². The number of Topliss-reactive ketones (excluding diaryl/α,β-unsaturated/α-hetero) is 1. The summed E-state index contributed by atoms with van der Waals surface area (Å²) in [6.45, 7) is 2.26. The van der Waals surface area contributed by atoms with Crippen molar-refractivity contribution >= 4 is 38.4 Å². The molecule has 1 aliphatic rings. The number of hydrazine groups is 1. The maximum atomic E-state index is 13.5. The molecule has 35 heavy (non-hydrogen) atoms. The first kappa shape index (κ1) is 24.9. The van der Waals surface area contributed by atoms with Gasteiger partial charge in [-0.2, -0.15) is 13.2 Å². The molecule has 0 saturated carbocycles. The van der Waals surface area contributed by atoms with Crippen LogP contribution in [0.1, 0.15) is 25.3 Å². The van der Waals surface area contributed by atoms with Crippen LogP contribution in [-0.4, -0.2) is 40.8 Å². The van der Waals surface area contributed by atoms with E-state index < -0.39 is 23.4 Å². The van der Waals surface area contributed by atoms with Gasteiger partial charge >= 0.3 is 6.18 Å². The van der Waals surface area contributed by atoms with Crippen molar-refractivity contribution in [2.24, 2.45) is 11.8 Å². The lowest BCUT2D eigenvalue weighted by molar-refractivity contribution is -0.167. The minimum Gasteiger partial charge on any atom is -0.374 e. The van der Waals surface area contributed by atoms with E-state index in [9.17, 15) is 22.8 Å². The van der Waals surface area contributed by atoms with E-state index >= 15 is 0 Å². The zero-order valence-corrected chi connectivity index (χ0v) is 19.9. The normalized spacial score (nSPS) is 15.7. The summed E-state index contributed by atoms with van der Waals surface area (Å²) in [4.78, 5) is 31.4. The predicted octanol–water partition coefficient (Wildman–Crippen LogP) is 4.86. The topological polar surface area (TPSA) is 79.5 Å². The molecule has 3 aromatic rings. The lowest BCUT2D eigenvalue weighted by atomic mass is 9.89. The number of thiazole rings is 1. The average molecular weight is 503 g/mol. The van der Waals surface area contributed by atoms with Crippen molar-refractivity contribution in [1.82, 2.24) is 9.88 Å². The molecule has 0 spiro atoms. The highest BCUT2D eigenvalue weighted by Gasteiger charge is 2.46. The Labute approximate surface area is 204 Å². The smallest absolute Gasteiger partial charge is 0.374 e. The molecule has 1 aliphatic heterocycles. The highest BCUT2D eigenvalue weighted by Crippen LogP contribution is 2.32. The number of amides is 1. The van der Waals surface area contributed by atoms with E-state index in [1.165, 1.54) is 12.5 Å². The van der Waals surface area contributed by atoms with Crippen molar-refractivity contribution in [2.45, 2.75) is 32.4 Å². The minimum absolute atomic E-state index is 0.0121. The highest BCUT2D eigenvalue weighted by atomic mass is 32.1. The van der Waals surface area contributed by atoms with Crippen molar-refractivity contribution in [3.63, 3.8) is 0 Å². The molecule has 1 aromatic heterocycles. The number of rotatable bonds is 6.